The zero-order valence-corrected chi connectivity index (χ0v) is 9.03. The molecule has 78 valence electrons. The maximum absolute atomic E-state index is 11.6. The zero-order chi connectivity index (χ0) is 11.2. The molecule has 1 aliphatic rings. The van der Waals surface area contributed by atoms with Crippen LogP contribution < -0.4 is 5.32 Å². The highest BCUT2D eigenvalue weighted by atomic mass is 35.5. The number of carbonyl (C=O) groups is 2. The Morgan fingerprint density at radius 3 is 2.40 bits per heavy atom. The molecule has 0 bridgehead atoms. The minimum absolute atomic E-state index is 0.00116. The van der Waals surface area contributed by atoms with Gasteiger partial charge in [-0.1, -0.05) is 23.2 Å². The molecule has 2 rings (SSSR count). The van der Waals surface area contributed by atoms with E-state index >= 15 is 0 Å². The Kier molecular flexibility index (Phi) is 2.28. The summed E-state index contributed by atoms with van der Waals surface area (Å²) in [5.74, 6) is -0.753. The monoisotopic (exact) mass is 245 g/mol. The fourth-order valence-electron chi connectivity index (χ4n) is 1.23. The van der Waals surface area contributed by atoms with Gasteiger partial charge >= 0.3 is 0 Å². The predicted molar refractivity (Wildman–Crippen MR) is 55.5 cm³/mol. The smallest absolute Gasteiger partial charge is 0.226 e. The average Bonchev–Trinajstić information content (AvgIpc) is 2.67. The van der Waals surface area contributed by atoms with Crippen molar-refractivity contribution in [1.29, 1.82) is 0 Å². The van der Waals surface area contributed by atoms with Crippen LogP contribution in [0.15, 0.2) is 10.1 Å². The van der Waals surface area contributed by atoms with Crippen molar-refractivity contribution in [1.82, 2.24) is 9.97 Å². The van der Waals surface area contributed by atoms with E-state index in [1.54, 1.807) is 7.05 Å². The fourth-order valence-corrected chi connectivity index (χ4v) is 1.59. The normalized spacial score (nSPS) is 15.7. The molecule has 0 atom stereocenters. The molecule has 0 radical (unpaired) electrons. The molecular formula is C8H5Cl2N3O2. The van der Waals surface area contributed by atoms with Crippen LogP contribution in [0.25, 0.3) is 0 Å². The number of imidazole rings is 1. The van der Waals surface area contributed by atoms with E-state index in [4.69, 9.17) is 23.2 Å². The molecule has 15 heavy (non-hydrogen) atoms. The topological polar surface area (TPSA) is 74.8 Å². The van der Waals surface area contributed by atoms with Crippen molar-refractivity contribution in [3.63, 3.8) is 0 Å². The van der Waals surface area contributed by atoms with Crippen LogP contribution in [0, 0.1) is 0 Å². The lowest BCUT2D eigenvalue weighted by atomic mass is 10.1. The van der Waals surface area contributed by atoms with Crippen LogP contribution in [0.5, 0.6) is 0 Å². The third kappa shape index (κ3) is 1.35. The van der Waals surface area contributed by atoms with Crippen molar-refractivity contribution in [2.45, 2.75) is 0 Å². The highest BCUT2D eigenvalue weighted by molar-refractivity contribution is 6.59. The first-order chi connectivity index (χ1) is 7.06. The molecule has 0 spiro atoms. The minimum atomic E-state index is -0.547. The van der Waals surface area contributed by atoms with Crippen LogP contribution in [-0.4, -0.2) is 28.6 Å². The number of nitrogens with zero attached hydrogens (tertiary/aromatic N) is 1. The molecule has 1 heterocycles. The van der Waals surface area contributed by atoms with E-state index in [9.17, 15) is 9.59 Å². The molecule has 0 saturated carbocycles. The van der Waals surface area contributed by atoms with Crippen LogP contribution >= 0.6 is 23.2 Å². The van der Waals surface area contributed by atoms with Gasteiger partial charge < -0.3 is 10.3 Å². The second-order valence-electron chi connectivity index (χ2n) is 2.85. The lowest BCUT2D eigenvalue weighted by Crippen LogP contribution is -2.17. The summed E-state index contributed by atoms with van der Waals surface area (Å²) in [5.41, 5.74) is 0.0671. The third-order valence-corrected chi connectivity index (χ3v) is 2.79. The number of rotatable bonds is 1. The predicted octanol–water partition coefficient (Wildman–Crippen LogP) is 1.52. The van der Waals surface area contributed by atoms with E-state index in [0.29, 0.717) is 5.95 Å². The number of anilines is 1. The molecule has 0 saturated heterocycles. The number of H-pyrrole nitrogens is 1. The van der Waals surface area contributed by atoms with Gasteiger partial charge in [0.2, 0.25) is 17.5 Å². The first-order valence-electron chi connectivity index (χ1n) is 3.98. The molecule has 5 nitrogen and oxygen atoms in total. The average molecular weight is 246 g/mol. The molecule has 0 aromatic carbocycles. The molecule has 0 amide bonds. The largest absolute Gasteiger partial charge is 0.359 e. The lowest BCUT2D eigenvalue weighted by molar-refractivity contribution is 0.0982. The second kappa shape index (κ2) is 3.36. The first-order valence-corrected chi connectivity index (χ1v) is 4.74. The molecule has 7 heteroatoms. The van der Waals surface area contributed by atoms with E-state index in [2.05, 4.69) is 15.3 Å². The Morgan fingerprint density at radius 2 is 1.80 bits per heavy atom. The summed E-state index contributed by atoms with van der Waals surface area (Å²) in [7, 11) is 1.61. The van der Waals surface area contributed by atoms with E-state index in [1.807, 2.05) is 0 Å². The number of halogens is 2. The number of hydrogen-bond donors (Lipinski definition) is 2. The van der Waals surface area contributed by atoms with E-state index < -0.39 is 11.6 Å². The Hall–Kier alpha value is -1.33. The summed E-state index contributed by atoms with van der Waals surface area (Å²) in [5, 5.41) is 2.11. The van der Waals surface area contributed by atoms with Crippen LogP contribution in [0.4, 0.5) is 5.95 Å². The van der Waals surface area contributed by atoms with Gasteiger partial charge in [0.05, 0.1) is 0 Å². The number of ketones is 2. The third-order valence-electron chi connectivity index (χ3n) is 1.97. The van der Waals surface area contributed by atoms with Gasteiger partial charge in [0, 0.05) is 7.05 Å². The quantitative estimate of drug-likeness (QED) is 0.787. The van der Waals surface area contributed by atoms with Crippen LogP contribution in [0.2, 0.25) is 0 Å². The summed E-state index contributed by atoms with van der Waals surface area (Å²) in [6, 6.07) is 0. The maximum Gasteiger partial charge on any atom is 0.226 e. The number of hydrogen-bond acceptors (Lipinski definition) is 4. The molecule has 2 N–H and O–H groups in total. The van der Waals surface area contributed by atoms with Gasteiger partial charge in [-0.05, 0) is 0 Å². The first kappa shape index (κ1) is 10.2. The highest BCUT2D eigenvalue weighted by Crippen LogP contribution is 2.29. The number of carbonyl (C=O) groups excluding carboxylic acids is 2. The Morgan fingerprint density at radius 1 is 1.20 bits per heavy atom. The Balaban J connectivity index is 2.64. The molecule has 0 aliphatic heterocycles. The van der Waals surface area contributed by atoms with Crippen molar-refractivity contribution in [2.24, 2.45) is 0 Å². The Bertz CT molecular complexity index is 462. The van der Waals surface area contributed by atoms with Crippen molar-refractivity contribution in [3.8, 4) is 0 Å². The van der Waals surface area contributed by atoms with Gasteiger partial charge in [-0.3, -0.25) is 9.59 Å². The highest BCUT2D eigenvalue weighted by Gasteiger charge is 2.33. The molecule has 1 aromatic rings. The van der Waals surface area contributed by atoms with Crippen LogP contribution in [0.1, 0.15) is 21.0 Å². The van der Waals surface area contributed by atoms with Gasteiger partial charge in [-0.25, -0.2) is 4.98 Å². The number of fused-ring (bicyclic) bond motifs is 1. The van der Waals surface area contributed by atoms with Crippen LogP contribution in [0.3, 0.4) is 0 Å². The van der Waals surface area contributed by atoms with Crippen molar-refractivity contribution < 1.29 is 9.59 Å². The summed E-state index contributed by atoms with van der Waals surface area (Å²) in [6.45, 7) is 0. The minimum Gasteiger partial charge on any atom is -0.359 e. The molecular weight excluding hydrogens is 241 g/mol. The van der Waals surface area contributed by atoms with E-state index in [0.717, 1.165) is 0 Å². The van der Waals surface area contributed by atoms with Gasteiger partial charge in [-0.2, -0.15) is 0 Å². The summed E-state index contributed by atoms with van der Waals surface area (Å²) < 4.78 is 0. The van der Waals surface area contributed by atoms with Crippen molar-refractivity contribution >= 4 is 40.7 Å². The zero-order valence-electron chi connectivity index (χ0n) is 7.52. The number of aromatic amines is 1. The maximum atomic E-state index is 11.6. The summed E-state index contributed by atoms with van der Waals surface area (Å²) >= 11 is 11.2. The fraction of sp³-hybridized carbons (Fsp3) is 0.125. The number of nitrogens with one attached hydrogen (secondary N) is 2. The SMILES string of the molecule is CNc1nc2c([nH]1)C(=O)C(Cl)=C(Cl)C2=O. The van der Waals surface area contributed by atoms with Gasteiger partial charge in [0.15, 0.2) is 0 Å². The molecule has 0 unspecified atom stereocenters. The van der Waals surface area contributed by atoms with E-state index in [1.165, 1.54) is 0 Å². The van der Waals surface area contributed by atoms with Crippen LogP contribution in [-0.2, 0) is 0 Å². The van der Waals surface area contributed by atoms with Gasteiger partial charge in [-0.15, -0.1) is 0 Å². The molecule has 0 fully saturated rings. The van der Waals surface area contributed by atoms with Gasteiger partial charge in [0.1, 0.15) is 21.5 Å². The summed E-state index contributed by atoms with van der Waals surface area (Å²) in [4.78, 5) is 29.7. The summed E-state index contributed by atoms with van der Waals surface area (Å²) in [6.07, 6.45) is 0. The molecule has 1 aromatic heterocycles. The number of aromatic nitrogens is 2. The van der Waals surface area contributed by atoms with E-state index in [-0.39, 0.29) is 21.5 Å². The molecule has 1 aliphatic carbocycles. The standard InChI is InChI=1S/C8H5Cl2N3O2/c1-11-8-12-4-5(13-8)7(15)3(10)2(9)6(4)14/h1H3,(H2,11,12,13). The second-order valence-corrected chi connectivity index (χ2v) is 3.60. The number of allylic oxidation sites excluding steroid dienone is 2. The van der Waals surface area contributed by atoms with Crippen molar-refractivity contribution in [2.75, 3.05) is 12.4 Å². The Labute approximate surface area is 94.5 Å². The number of Topliss-reactive ketones (excluding diaryl/α,β-unsaturated/α-hetero) is 2. The van der Waals surface area contributed by atoms with Crippen molar-refractivity contribution in [3.05, 3.63) is 21.5 Å². The van der Waals surface area contributed by atoms with Gasteiger partial charge in [0.25, 0.3) is 0 Å². The lowest BCUT2D eigenvalue weighted by Gasteiger charge is -2.07.